The number of para-hydroxylation sites is 5. The van der Waals surface area contributed by atoms with Gasteiger partial charge in [-0.25, -0.2) is 4.98 Å². The summed E-state index contributed by atoms with van der Waals surface area (Å²) in [6.45, 7) is 0. The summed E-state index contributed by atoms with van der Waals surface area (Å²) in [5.74, 6) is 0.703. The van der Waals surface area contributed by atoms with Crippen LogP contribution >= 0.6 is 0 Å². The normalized spacial score (nSPS) is 12.5. The van der Waals surface area contributed by atoms with Crippen LogP contribution in [0.15, 0.2) is 179 Å². The van der Waals surface area contributed by atoms with Crippen LogP contribution in [0.5, 0.6) is 0 Å². The lowest BCUT2D eigenvalue weighted by molar-refractivity contribution is 0.652. The Balaban J connectivity index is 1.13. The van der Waals surface area contributed by atoms with E-state index in [0.29, 0.717) is 11.5 Å². The fraction of sp³-hybridized carbons (Fsp3) is 0. The number of aromatic nitrogens is 4. The molecule has 268 valence electrons. The van der Waals surface area contributed by atoms with Crippen molar-refractivity contribution in [2.45, 2.75) is 0 Å². The lowest BCUT2D eigenvalue weighted by atomic mass is 9.94. The molecule has 0 aliphatic carbocycles. The molecule has 58 heavy (non-hydrogen) atoms. The van der Waals surface area contributed by atoms with E-state index >= 15 is 0 Å². The van der Waals surface area contributed by atoms with E-state index in [4.69, 9.17) is 18.8 Å². The fourth-order valence-corrected chi connectivity index (χ4v) is 9.81. The SMILES string of the molecule is c1ccc2c(c1)-c1ccccc1-n1c3cc4c5ccccc5n(-c5nc6oc7ccccc7c6nc5-c5ccc6oc7ccccc7c6c5)c4cc3c3cccc-2c31. The van der Waals surface area contributed by atoms with E-state index in [1.807, 2.05) is 30.3 Å². The minimum absolute atomic E-state index is 0.500. The maximum Gasteiger partial charge on any atom is 0.248 e. The van der Waals surface area contributed by atoms with E-state index in [1.54, 1.807) is 0 Å². The minimum Gasteiger partial charge on any atom is -0.456 e. The van der Waals surface area contributed by atoms with Crippen molar-refractivity contribution in [2.24, 2.45) is 0 Å². The average molecular weight is 741 g/mol. The van der Waals surface area contributed by atoms with Gasteiger partial charge in [-0.2, -0.15) is 4.98 Å². The molecule has 0 atom stereocenters. The highest BCUT2D eigenvalue weighted by molar-refractivity contribution is 6.22. The van der Waals surface area contributed by atoms with Crippen LogP contribution in [-0.4, -0.2) is 19.1 Å². The van der Waals surface area contributed by atoms with Crippen molar-refractivity contribution in [1.82, 2.24) is 19.1 Å². The van der Waals surface area contributed by atoms with Crippen LogP contribution in [0, 0.1) is 0 Å². The first kappa shape index (κ1) is 30.3. The number of fused-ring (bicyclic) bond motifs is 17. The lowest BCUT2D eigenvalue weighted by Crippen LogP contribution is -2.03. The molecule has 8 aromatic carbocycles. The molecule has 1 aliphatic heterocycles. The van der Waals surface area contributed by atoms with Gasteiger partial charge in [-0.1, -0.05) is 109 Å². The second-order valence-corrected chi connectivity index (χ2v) is 15.3. The van der Waals surface area contributed by atoms with Crippen molar-refractivity contribution in [3.63, 3.8) is 0 Å². The van der Waals surface area contributed by atoms with E-state index in [0.717, 1.165) is 77.0 Å². The van der Waals surface area contributed by atoms with Crippen LogP contribution < -0.4 is 0 Å². The Kier molecular flexibility index (Phi) is 5.68. The third-order valence-electron chi connectivity index (χ3n) is 12.3. The van der Waals surface area contributed by atoms with Crippen molar-refractivity contribution >= 4 is 87.7 Å². The van der Waals surface area contributed by atoms with Crippen LogP contribution in [0.3, 0.4) is 0 Å². The number of furan rings is 2. The Labute approximate surface area is 329 Å². The zero-order valence-corrected chi connectivity index (χ0v) is 30.8. The Bertz CT molecular complexity index is 3930. The molecule has 6 heteroatoms. The number of hydrogen-bond donors (Lipinski definition) is 0. The third kappa shape index (κ3) is 3.86. The molecule has 0 N–H and O–H groups in total. The molecule has 0 radical (unpaired) electrons. The van der Waals surface area contributed by atoms with Gasteiger partial charge in [0.25, 0.3) is 0 Å². The molecule has 6 nitrogen and oxygen atoms in total. The van der Waals surface area contributed by atoms with Gasteiger partial charge in [-0.15, -0.1) is 0 Å². The summed E-state index contributed by atoms with van der Waals surface area (Å²) < 4.78 is 17.5. The molecule has 13 aromatic rings. The predicted octanol–water partition coefficient (Wildman–Crippen LogP) is 13.8. The minimum atomic E-state index is 0.500. The van der Waals surface area contributed by atoms with E-state index in [2.05, 4.69) is 149 Å². The molecule has 14 rings (SSSR count). The number of rotatable bonds is 2. The molecule has 0 spiro atoms. The zero-order valence-electron chi connectivity index (χ0n) is 30.8. The topological polar surface area (TPSA) is 61.9 Å². The third-order valence-corrected chi connectivity index (χ3v) is 12.3. The van der Waals surface area contributed by atoms with Gasteiger partial charge < -0.3 is 13.4 Å². The first-order valence-corrected chi connectivity index (χ1v) is 19.6. The Hall–Kier alpha value is -7.96. The Morgan fingerprint density at radius 1 is 0.379 bits per heavy atom. The summed E-state index contributed by atoms with van der Waals surface area (Å²) in [4.78, 5) is 10.9. The van der Waals surface area contributed by atoms with Crippen LogP contribution in [0.25, 0.3) is 133 Å². The lowest BCUT2D eigenvalue weighted by Gasteiger charge is -2.13. The number of hydrogen-bond acceptors (Lipinski definition) is 4. The molecule has 0 fully saturated rings. The largest absolute Gasteiger partial charge is 0.456 e. The van der Waals surface area contributed by atoms with E-state index in [-0.39, 0.29) is 0 Å². The van der Waals surface area contributed by atoms with Gasteiger partial charge in [0.2, 0.25) is 5.71 Å². The van der Waals surface area contributed by atoms with Crippen LogP contribution in [0.2, 0.25) is 0 Å². The van der Waals surface area contributed by atoms with Crippen molar-refractivity contribution in [3.05, 3.63) is 170 Å². The fourth-order valence-electron chi connectivity index (χ4n) is 9.81. The summed E-state index contributed by atoms with van der Waals surface area (Å²) in [5, 5.41) is 7.68. The second kappa shape index (κ2) is 10.9. The highest BCUT2D eigenvalue weighted by Gasteiger charge is 2.27. The summed E-state index contributed by atoms with van der Waals surface area (Å²) in [7, 11) is 0. The summed E-state index contributed by atoms with van der Waals surface area (Å²) in [5.41, 5.74) is 16.0. The van der Waals surface area contributed by atoms with Gasteiger partial charge in [0.15, 0.2) is 5.82 Å². The zero-order chi connectivity index (χ0) is 37.6. The van der Waals surface area contributed by atoms with Crippen LogP contribution in [0.4, 0.5) is 0 Å². The predicted molar refractivity (Wildman–Crippen MR) is 235 cm³/mol. The van der Waals surface area contributed by atoms with E-state index in [1.165, 1.54) is 44.2 Å². The molecule has 1 aliphatic rings. The molecule has 0 amide bonds. The number of benzene rings is 8. The van der Waals surface area contributed by atoms with E-state index < -0.39 is 0 Å². The van der Waals surface area contributed by atoms with Crippen molar-refractivity contribution in [2.75, 3.05) is 0 Å². The quantitative estimate of drug-likeness (QED) is 0.177. The van der Waals surface area contributed by atoms with Crippen molar-refractivity contribution < 1.29 is 8.83 Å². The van der Waals surface area contributed by atoms with Gasteiger partial charge in [0, 0.05) is 54.4 Å². The average Bonchev–Trinajstić information content (AvgIpc) is 4.00. The standard InChI is InChI=1S/C52H28N4O2/c1-2-13-31-30(12-1)32-14-3-7-20-41(32)55-43-27-38-33-15-4-8-21-42(33)56(44(38)28-39(43)36-19-11-18-35(31)50(36)55)51-48(53-49-37-17-6-10-23-46(37)58-52(49)54-51)29-24-25-47-40(26-29)34-16-5-9-22-45(34)57-47/h1-28H. The van der Waals surface area contributed by atoms with Crippen LogP contribution in [0.1, 0.15) is 0 Å². The van der Waals surface area contributed by atoms with Gasteiger partial charge in [-0.05, 0) is 71.8 Å². The summed E-state index contributed by atoms with van der Waals surface area (Å²) >= 11 is 0. The van der Waals surface area contributed by atoms with E-state index in [9.17, 15) is 0 Å². The van der Waals surface area contributed by atoms with Gasteiger partial charge in [-0.3, -0.25) is 4.57 Å². The highest BCUT2D eigenvalue weighted by Crippen LogP contribution is 2.48. The highest BCUT2D eigenvalue weighted by atomic mass is 16.3. The molecule has 0 saturated carbocycles. The maximum atomic E-state index is 6.46. The van der Waals surface area contributed by atoms with Crippen LogP contribution in [-0.2, 0) is 0 Å². The molecule has 0 unspecified atom stereocenters. The molecule has 5 aromatic heterocycles. The second-order valence-electron chi connectivity index (χ2n) is 15.3. The number of nitrogens with zero attached hydrogens (tertiary/aromatic N) is 4. The Morgan fingerprint density at radius 3 is 1.86 bits per heavy atom. The van der Waals surface area contributed by atoms with Crippen molar-refractivity contribution in [3.8, 4) is 45.0 Å². The summed E-state index contributed by atoms with van der Waals surface area (Å²) in [6, 6.07) is 60.3. The molecule has 0 bridgehead atoms. The molecule has 6 heterocycles. The molecule has 0 saturated heterocycles. The monoisotopic (exact) mass is 740 g/mol. The van der Waals surface area contributed by atoms with Gasteiger partial charge >= 0.3 is 0 Å². The first-order chi connectivity index (χ1) is 28.8. The smallest absolute Gasteiger partial charge is 0.248 e. The van der Waals surface area contributed by atoms with Gasteiger partial charge in [0.1, 0.15) is 28.0 Å². The van der Waals surface area contributed by atoms with Gasteiger partial charge in [0.05, 0.1) is 27.8 Å². The molecular formula is C52H28N4O2. The van der Waals surface area contributed by atoms with Crippen molar-refractivity contribution in [1.29, 1.82) is 0 Å². The Morgan fingerprint density at radius 2 is 1.00 bits per heavy atom. The summed E-state index contributed by atoms with van der Waals surface area (Å²) in [6.07, 6.45) is 0. The maximum absolute atomic E-state index is 6.46. The first-order valence-electron chi connectivity index (χ1n) is 19.6. The molecular weight excluding hydrogens is 713 g/mol.